The maximum absolute atomic E-state index is 11.3. The lowest BCUT2D eigenvalue weighted by atomic mass is 10.2. The van der Waals surface area contributed by atoms with Crippen LogP contribution < -0.4 is 0 Å². The summed E-state index contributed by atoms with van der Waals surface area (Å²) in [5, 5.41) is 28.4. The van der Waals surface area contributed by atoms with Crippen molar-refractivity contribution in [3.63, 3.8) is 0 Å². The second-order valence-corrected chi connectivity index (χ2v) is 3.56. The minimum absolute atomic E-state index is 0.131. The Labute approximate surface area is 100 Å². The van der Waals surface area contributed by atoms with Gasteiger partial charge in [-0.05, 0) is 12.1 Å². The largest absolute Gasteiger partial charge is 0.404 e. The molecule has 2 rings (SSSR count). The molecule has 8 heteroatoms. The van der Waals surface area contributed by atoms with Crippen LogP contribution >= 0.6 is 0 Å². The van der Waals surface area contributed by atoms with E-state index in [2.05, 4.69) is 14.5 Å². The molecule has 2 heterocycles. The Balaban J connectivity index is 2.39. The van der Waals surface area contributed by atoms with Gasteiger partial charge in [-0.2, -0.15) is 0 Å². The maximum Gasteiger partial charge on any atom is 0.404 e. The number of carbonyl (C=O) groups is 2. The number of aliphatic hydroxyl groups is 3. The summed E-state index contributed by atoms with van der Waals surface area (Å²) in [6.45, 7) is 0. The van der Waals surface area contributed by atoms with Crippen molar-refractivity contribution in [3.05, 3.63) is 30.1 Å². The van der Waals surface area contributed by atoms with Crippen molar-refractivity contribution in [2.45, 2.75) is 18.2 Å². The lowest BCUT2D eigenvalue weighted by Gasteiger charge is -2.24. The predicted octanol–water partition coefficient (Wildman–Crippen LogP) is -1.99. The molecule has 96 valence electrons. The van der Waals surface area contributed by atoms with E-state index in [0.29, 0.717) is 0 Å². The van der Waals surface area contributed by atoms with Gasteiger partial charge in [0.2, 0.25) is 0 Å². The summed E-state index contributed by atoms with van der Waals surface area (Å²) in [7, 11) is 0. The first-order valence-corrected chi connectivity index (χ1v) is 4.89. The van der Waals surface area contributed by atoms with Crippen LogP contribution in [0.3, 0.4) is 0 Å². The summed E-state index contributed by atoms with van der Waals surface area (Å²) < 4.78 is 8.92. The van der Waals surface area contributed by atoms with Crippen LogP contribution in [0, 0.1) is 0 Å². The summed E-state index contributed by atoms with van der Waals surface area (Å²) in [5.74, 6) is -5.50. The van der Waals surface area contributed by atoms with E-state index in [0.717, 1.165) is 6.20 Å². The first-order chi connectivity index (χ1) is 8.44. The minimum atomic E-state index is -2.72. The average Bonchev–Trinajstić information content (AvgIpc) is 2.43. The van der Waals surface area contributed by atoms with E-state index in [-0.39, 0.29) is 5.56 Å². The van der Waals surface area contributed by atoms with Crippen molar-refractivity contribution >= 4 is 11.9 Å². The topological polar surface area (TPSA) is 126 Å². The normalized spacial score (nSPS) is 32.4. The Kier molecular flexibility index (Phi) is 2.99. The summed E-state index contributed by atoms with van der Waals surface area (Å²) in [6.07, 6.45) is -1.76. The molecule has 0 radical (unpaired) electrons. The molecule has 0 spiro atoms. The van der Waals surface area contributed by atoms with Gasteiger partial charge in [-0.25, -0.2) is 9.59 Å². The number of esters is 2. The monoisotopic (exact) mass is 255 g/mol. The molecule has 1 aliphatic rings. The lowest BCUT2D eigenvalue weighted by molar-refractivity contribution is -0.333. The van der Waals surface area contributed by atoms with Gasteiger partial charge < -0.3 is 24.8 Å². The Bertz CT molecular complexity index is 452. The molecule has 1 aromatic heterocycles. The highest BCUT2D eigenvalue weighted by Crippen LogP contribution is 2.28. The van der Waals surface area contributed by atoms with Gasteiger partial charge in [0, 0.05) is 12.4 Å². The lowest BCUT2D eigenvalue weighted by Crippen LogP contribution is -2.38. The van der Waals surface area contributed by atoms with E-state index >= 15 is 0 Å². The van der Waals surface area contributed by atoms with Crippen LogP contribution in [0.5, 0.6) is 0 Å². The molecule has 3 N–H and O–H groups in total. The fourth-order valence-corrected chi connectivity index (χ4v) is 1.34. The Morgan fingerprint density at radius 3 is 2.17 bits per heavy atom. The molecule has 2 unspecified atom stereocenters. The minimum Gasteiger partial charge on any atom is -0.392 e. The number of cyclic esters (lactones) is 2. The zero-order valence-electron chi connectivity index (χ0n) is 8.89. The van der Waals surface area contributed by atoms with E-state index in [9.17, 15) is 24.9 Å². The highest BCUT2D eigenvalue weighted by Gasteiger charge is 2.49. The molecule has 1 saturated heterocycles. The molecule has 1 fully saturated rings. The third kappa shape index (κ3) is 2.04. The molecule has 18 heavy (non-hydrogen) atoms. The maximum atomic E-state index is 11.3. The molecule has 0 aromatic carbocycles. The zero-order valence-corrected chi connectivity index (χ0v) is 8.89. The van der Waals surface area contributed by atoms with E-state index in [1.165, 1.54) is 18.3 Å². The molecule has 1 aliphatic heterocycles. The number of hydrogen-bond donors (Lipinski definition) is 3. The van der Waals surface area contributed by atoms with Crippen LogP contribution in [0.4, 0.5) is 0 Å². The quantitative estimate of drug-likeness (QED) is 0.492. The van der Waals surface area contributed by atoms with Crippen LogP contribution in [0.1, 0.15) is 5.56 Å². The molecule has 8 nitrogen and oxygen atoms in total. The third-order valence-electron chi connectivity index (χ3n) is 2.29. The van der Waals surface area contributed by atoms with Crippen molar-refractivity contribution in [2.75, 3.05) is 0 Å². The van der Waals surface area contributed by atoms with Gasteiger partial charge in [0.25, 0.3) is 0 Å². The molecule has 1 aromatic rings. The van der Waals surface area contributed by atoms with Crippen molar-refractivity contribution in [3.8, 4) is 0 Å². The highest BCUT2D eigenvalue weighted by atomic mass is 16.8. The van der Waals surface area contributed by atoms with E-state index in [4.69, 9.17) is 0 Å². The van der Waals surface area contributed by atoms with Gasteiger partial charge in [0.05, 0.1) is 5.56 Å². The second-order valence-electron chi connectivity index (χ2n) is 3.56. The highest BCUT2D eigenvalue weighted by molar-refractivity contribution is 5.87. The van der Waals surface area contributed by atoms with E-state index < -0.39 is 30.1 Å². The average molecular weight is 255 g/mol. The van der Waals surface area contributed by atoms with E-state index in [1.807, 2.05) is 0 Å². The first kappa shape index (κ1) is 12.4. The summed E-state index contributed by atoms with van der Waals surface area (Å²) in [6, 6.07) is 2.70. The van der Waals surface area contributed by atoms with Crippen molar-refractivity contribution in [2.24, 2.45) is 0 Å². The summed E-state index contributed by atoms with van der Waals surface area (Å²) in [4.78, 5) is 26.3. The second kappa shape index (κ2) is 4.33. The molecular weight excluding hydrogens is 246 g/mol. The standard InChI is InChI=1S/C10H9NO7/c12-6-7(13)9(15)18-10(16,17-8(6)14)5-2-1-3-11-4-5/h1-4,6-7,12-13,16H. The molecule has 0 saturated carbocycles. The van der Waals surface area contributed by atoms with Crippen molar-refractivity contribution < 1.29 is 34.4 Å². The van der Waals surface area contributed by atoms with Gasteiger partial charge in [-0.3, -0.25) is 4.98 Å². The zero-order chi connectivity index (χ0) is 13.3. The van der Waals surface area contributed by atoms with Crippen molar-refractivity contribution in [1.82, 2.24) is 4.98 Å². The van der Waals surface area contributed by atoms with Gasteiger partial charge in [0.1, 0.15) is 0 Å². The third-order valence-corrected chi connectivity index (χ3v) is 2.29. The summed E-state index contributed by atoms with van der Waals surface area (Å²) in [5.41, 5.74) is -0.131. The number of rotatable bonds is 1. The van der Waals surface area contributed by atoms with Gasteiger partial charge >= 0.3 is 17.9 Å². The fraction of sp³-hybridized carbons (Fsp3) is 0.300. The Hall–Kier alpha value is -2.03. The van der Waals surface area contributed by atoms with Crippen LogP contribution in [-0.4, -0.2) is 44.5 Å². The van der Waals surface area contributed by atoms with Gasteiger partial charge in [-0.15, -0.1) is 0 Å². The Morgan fingerprint density at radius 2 is 1.72 bits per heavy atom. The fourth-order valence-electron chi connectivity index (χ4n) is 1.34. The van der Waals surface area contributed by atoms with Crippen LogP contribution in [0.2, 0.25) is 0 Å². The number of aromatic nitrogens is 1. The number of pyridine rings is 1. The Morgan fingerprint density at radius 1 is 1.17 bits per heavy atom. The number of carbonyl (C=O) groups excluding carboxylic acids is 2. The van der Waals surface area contributed by atoms with Crippen molar-refractivity contribution in [1.29, 1.82) is 0 Å². The number of ether oxygens (including phenoxy) is 2. The van der Waals surface area contributed by atoms with Gasteiger partial charge in [0.15, 0.2) is 12.2 Å². The molecular formula is C10H9NO7. The molecule has 2 atom stereocenters. The molecule has 0 amide bonds. The van der Waals surface area contributed by atoms with Gasteiger partial charge in [-0.1, -0.05) is 0 Å². The smallest absolute Gasteiger partial charge is 0.392 e. The van der Waals surface area contributed by atoms with Crippen LogP contribution in [-0.2, 0) is 25.0 Å². The molecule has 0 aliphatic carbocycles. The SMILES string of the molecule is O=C1OC(O)(c2cccnc2)OC(=O)C(O)C1O. The predicted molar refractivity (Wildman–Crippen MR) is 52.3 cm³/mol. The number of aliphatic hydroxyl groups excluding tert-OH is 2. The van der Waals surface area contributed by atoms with Crippen LogP contribution in [0.25, 0.3) is 0 Å². The number of nitrogens with zero attached hydrogens (tertiary/aromatic N) is 1. The molecule has 0 bridgehead atoms. The number of hydrogen-bond acceptors (Lipinski definition) is 8. The summed E-state index contributed by atoms with van der Waals surface area (Å²) >= 11 is 0. The first-order valence-electron chi connectivity index (χ1n) is 4.89. The van der Waals surface area contributed by atoms with E-state index in [1.54, 1.807) is 0 Å². The van der Waals surface area contributed by atoms with Crippen LogP contribution in [0.15, 0.2) is 24.5 Å².